The normalized spacial score (nSPS) is 18.1. The second kappa shape index (κ2) is 11.4. The molecule has 2 aromatic heterocycles. The number of carbonyl (C=O) groups excluding carboxylic acids is 1. The fourth-order valence-electron chi connectivity index (χ4n) is 4.47. The highest BCUT2D eigenvalue weighted by atomic mass is 32.2. The first-order chi connectivity index (χ1) is 18.1. The van der Waals surface area contributed by atoms with Gasteiger partial charge < -0.3 is 26.0 Å². The molecule has 0 bridgehead atoms. The van der Waals surface area contributed by atoms with Crippen LogP contribution in [0.1, 0.15) is 29.4 Å². The second-order valence-electron chi connectivity index (χ2n) is 9.14. The Hall–Kier alpha value is -3.56. The van der Waals surface area contributed by atoms with Crippen molar-refractivity contribution in [3.05, 3.63) is 47.8 Å². The Kier molecular flexibility index (Phi) is 8.28. The average molecular weight is 547 g/mol. The number of rotatable bonds is 7. The molecule has 8 nitrogen and oxygen atoms in total. The number of hydrogen-bond acceptors (Lipinski definition) is 7. The van der Waals surface area contributed by atoms with Gasteiger partial charge >= 0.3 is 5.51 Å². The van der Waals surface area contributed by atoms with Crippen LogP contribution in [0.4, 0.5) is 24.5 Å². The number of piperidine rings is 1. The van der Waals surface area contributed by atoms with Crippen molar-refractivity contribution >= 4 is 34.7 Å². The van der Waals surface area contributed by atoms with Crippen LogP contribution in [0.3, 0.4) is 0 Å². The minimum absolute atomic E-state index is 0.0378. The smallest absolute Gasteiger partial charge is 0.447 e. The Morgan fingerprint density at radius 2 is 2.11 bits per heavy atom. The number of methoxy groups -OCH3 is 1. The number of anilines is 2. The quantitative estimate of drug-likeness (QED) is 0.301. The minimum Gasteiger partial charge on any atom is -0.495 e. The number of benzene rings is 1. The van der Waals surface area contributed by atoms with Crippen molar-refractivity contribution in [2.45, 2.75) is 29.9 Å². The number of nitrogens with one attached hydrogen (secondary N) is 2. The summed E-state index contributed by atoms with van der Waals surface area (Å²) in [4.78, 5) is 18.2. The molecule has 4 rings (SSSR count). The number of carbonyl (C=O) groups is 1. The van der Waals surface area contributed by atoms with Gasteiger partial charge in [0.1, 0.15) is 16.5 Å². The maximum atomic E-state index is 13.5. The van der Waals surface area contributed by atoms with Gasteiger partial charge in [-0.3, -0.25) is 9.20 Å². The standard InChI is InChI=1S/C26H29F3N6O2S/c1-16-15-34(2)13-10-18(16)32-20-7-5-12-35-24(20)33-21(25(35)38-26(27,28)29)6-4-11-31-19-9-8-17(23(30)36)14-22(19)37-3/h5,7-9,12,14,16,18,31-32H,10-11,13,15H2,1-3H3,(H2,30,36)/t16-,18+/m0/s1. The predicted molar refractivity (Wildman–Crippen MR) is 143 cm³/mol. The fraction of sp³-hybridized carbons (Fsp3) is 0.385. The van der Waals surface area contributed by atoms with E-state index in [4.69, 9.17) is 10.5 Å². The van der Waals surface area contributed by atoms with E-state index in [-0.39, 0.29) is 40.6 Å². The van der Waals surface area contributed by atoms with E-state index < -0.39 is 11.4 Å². The molecule has 0 spiro atoms. The molecule has 1 amide bonds. The summed E-state index contributed by atoms with van der Waals surface area (Å²) in [5.74, 6) is 5.81. The summed E-state index contributed by atoms with van der Waals surface area (Å²) in [7, 11) is 3.53. The molecule has 12 heteroatoms. The van der Waals surface area contributed by atoms with Crippen molar-refractivity contribution in [2.24, 2.45) is 11.7 Å². The summed E-state index contributed by atoms with van der Waals surface area (Å²) < 4.78 is 47.1. The summed E-state index contributed by atoms with van der Waals surface area (Å²) in [6.07, 6.45) is 2.49. The van der Waals surface area contributed by atoms with Gasteiger partial charge in [-0.05, 0) is 62.2 Å². The van der Waals surface area contributed by atoms with Gasteiger partial charge in [-0.2, -0.15) is 13.2 Å². The van der Waals surface area contributed by atoms with Crippen LogP contribution in [0, 0.1) is 17.8 Å². The molecular formula is C26H29F3N6O2S. The fourth-order valence-corrected chi connectivity index (χ4v) is 5.13. The maximum Gasteiger partial charge on any atom is 0.447 e. The summed E-state index contributed by atoms with van der Waals surface area (Å²) in [6, 6.07) is 8.38. The van der Waals surface area contributed by atoms with E-state index in [1.165, 1.54) is 17.6 Å². The van der Waals surface area contributed by atoms with Crippen molar-refractivity contribution in [3.8, 4) is 17.6 Å². The van der Waals surface area contributed by atoms with E-state index >= 15 is 0 Å². The Morgan fingerprint density at radius 1 is 1.32 bits per heavy atom. The first-order valence-corrected chi connectivity index (χ1v) is 12.8. The number of primary amides is 1. The molecule has 0 aliphatic carbocycles. The van der Waals surface area contributed by atoms with Crippen LogP contribution >= 0.6 is 11.8 Å². The Labute approximate surface area is 223 Å². The number of nitrogens with two attached hydrogens (primary N) is 1. The van der Waals surface area contributed by atoms with Gasteiger partial charge in [0.15, 0.2) is 5.65 Å². The van der Waals surface area contributed by atoms with Crippen LogP contribution in [-0.2, 0) is 0 Å². The SMILES string of the molecule is COc1cc(C(N)=O)ccc1NCC#Cc1nc2c(N[C@@H]3CCN(C)C[C@@H]3C)cccn2c1SC(F)(F)F. The van der Waals surface area contributed by atoms with Crippen molar-refractivity contribution in [1.82, 2.24) is 14.3 Å². The Morgan fingerprint density at radius 3 is 2.79 bits per heavy atom. The lowest BCUT2D eigenvalue weighted by Gasteiger charge is -2.35. The van der Waals surface area contributed by atoms with Crippen LogP contribution in [0.25, 0.3) is 5.65 Å². The Balaban J connectivity index is 1.60. The van der Waals surface area contributed by atoms with Crippen LogP contribution in [0.15, 0.2) is 41.6 Å². The number of aromatic nitrogens is 2. The number of likely N-dealkylation sites (tertiary alicyclic amines) is 1. The monoisotopic (exact) mass is 546 g/mol. The second-order valence-corrected chi connectivity index (χ2v) is 10.2. The molecule has 1 saturated heterocycles. The van der Waals surface area contributed by atoms with Crippen molar-refractivity contribution in [2.75, 3.05) is 44.4 Å². The number of ether oxygens (including phenoxy) is 1. The number of halogens is 3. The number of fused-ring (bicyclic) bond motifs is 1. The molecule has 3 aromatic rings. The highest BCUT2D eigenvalue weighted by molar-refractivity contribution is 8.00. The van der Waals surface area contributed by atoms with Crippen LogP contribution in [-0.4, -0.2) is 65.5 Å². The van der Waals surface area contributed by atoms with Crippen molar-refractivity contribution < 1.29 is 22.7 Å². The van der Waals surface area contributed by atoms with E-state index in [0.717, 1.165) is 19.5 Å². The van der Waals surface area contributed by atoms with E-state index in [0.29, 0.717) is 28.7 Å². The molecule has 1 aliphatic rings. The molecule has 1 fully saturated rings. The zero-order valence-corrected chi connectivity index (χ0v) is 22.0. The molecule has 0 unspecified atom stereocenters. The van der Waals surface area contributed by atoms with Crippen LogP contribution in [0.5, 0.6) is 5.75 Å². The number of nitrogens with zero attached hydrogens (tertiary/aromatic N) is 3. The molecular weight excluding hydrogens is 517 g/mol. The zero-order chi connectivity index (χ0) is 27.4. The van der Waals surface area contributed by atoms with Gasteiger partial charge in [0.25, 0.3) is 0 Å². The van der Waals surface area contributed by atoms with Gasteiger partial charge in [0.2, 0.25) is 5.91 Å². The molecule has 3 heterocycles. The zero-order valence-electron chi connectivity index (χ0n) is 21.2. The molecule has 0 radical (unpaired) electrons. The number of amides is 1. The maximum absolute atomic E-state index is 13.5. The predicted octanol–water partition coefficient (Wildman–Crippen LogP) is 4.27. The first kappa shape index (κ1) is 27.5. The average Bonchev–Trinajstić information content (AvgIpc) is 3.20. The third kappa shape index (κ3) is 6.46. The van der Waals surface area contributed by atoms with Gasteiger partial charge in [-0.25, -0.2) is 4.98 Å². The number of hydrogen-bond donors (Lipinski definition) is 3. The lowest BCUT2D eigenvalue weighted by atomic mass is 9.94. The highest BCUT2D eigenvalue weighted by Crippen LogP contribution is 2.39. The van der Waals surface area contributed by atoms with Gasteiger partial charge in [0, 0.05) is 36.1 Å². The van der Waals surface area contributed by atoms with E-state index in [1.807, 2.05) is 6.07 Å². The number of imidazole rings is 1. The summed E-state index contributed by atoms with van der Waals surface area (Å²) in [6.45, 7) is 4.14. The third-order valence-corrected chi connectivity index (χ3v) is 7.14. The lowest BCUT2D eigenvalue weighted by molar-refractivity contribution is -0.0330. The topological polar surface area (TPSA) is 96.9 Å². The first-order valence-electron chi connectivity index (χ1n) is 12.0. The van der Waals surface area contributed by atoms with Crippen LogP contribution in [0.2, 0.25) is 0 Å². The van der Waals surface area contributed by atoms with E-state index in [1.54, 1.807) is 24.4 Å². The molecule has 1 aromatic carbocycles. The molecule has 0 saturated carbocycles. The number of pyridine rings is 1. The van der Waals surface area contributed by atoms with Gasteiger partial charge in [-0.1, -0.05) is 12.8 Å². The van der Waals surface area contributed by atoms with E-state index in [2.05, 4.69) is 46.3 Å². The lowest BCUT2D eigenvalue weighted by Crippen LogP contribution is -2.43. The molecule has 38 heavy (non-hydrogen) atoms. The van der Waals surface area contributed by atoms with Crippen LogP contribution < -0.4 is 21.1 Å². The summed E-state index contributed by atoms with van der Waals surface area (Å²) in [5, 5.41) is 6.45. The largest absolute Gasteiger partial charge is 0.495 e. The van der Waals surface area contributed by atoms with Gasteiger partial charge in [-0.15, -0.1) is 0 Å². The minimum atomic E-state index is -4.51. The molecule has 4 N–H and O–H groups in total. The molecule has 1 aliphatic heterocycles. The number of alkyl halides is 3. The van der Waals surface area contributed by atoms with Gasteiger partial charge in [0.05, 0.1) is 25.0 Å². The molecule has 202 valence electrons. The van der Waals surface area contributed by atoms with Crippen molar-refractivity contribution in [3.63, 3.8) is 0 Å². The number of thioether (sulfide) groups is 1. The molecule has 2 atom stereocenters. The highest BCUT2D eigenvalue weighted by Gasteiger charge is 2.33. The summed E-state index contributed by atoms with van der Waals surface area (Å²) >= 11 is -0.237. The van der Waals surface area contributed by atoms with Crippen molar-refractivity contribution in [1.29, 1.82) is 0 Å². The third-order valence-electron chi connectivity index (χ3n) is 6.33. The van der Waals surface area contributed by atoms with E-state index in [9.17, 15) is 18.0 Å². The Bertz CT molecular complexity index is 1380. The summed E-state index contributed by atoms with van der Waals surface area (Å²) in [5.41, 5.74) is 2.75.